The van der Waals surface area contributed by atoms with E-state index >= 15 is 0 Å². The van der Waals surface area contributed by atoms with Gasteiger partial charge in [-0.2, -0.15) is 5.26 Å². The number of nitrogens with one attached hydrogen (secondary N) is 2. The lowest BCUT2D eigenvalue weighted by Gasteiger charge is -2.30. The number of hydrogen-bond donors (Lipinski definition) is 2. The first-order chi connectivity index (χ1) is 31.6. The van der Waals surface area contributed by atoms with Crippen molar-refractivity contribution >= 4 is 63.9 Å². The van der Waals surface area contributed by atoms with Crippen LogP contribution in [0.15, 0.2) is 77.5 Å². The lowest BCUT2D eigenvalue weighted by Crippen LogP contribution is -2.55. The van der Waals surface area contributed by atoms with Crippen LogP contribution < -0.4 is 25.2 Å². The lowest BCUT2D eigenvalue weighted by atomic mass is 10.0. The fourth-order valence-electron chi connectivity index (χ4n) is 8.01. The first kappa shape index (κ1) is 49.6. The molecule has 0 bridgehead atoms. The van der Waals surface area contributed by atoms with Crippen LogP contribution in [-0.2, 0) is 35.2 Å². The van der Waals surface area contributed by atoms with Crippen LogP contribution in [-0.4, -0.2) is 95.8 Å². The molecule has 2 N–H and O–H groups in total. The number of benzene rings is 3. The van der Waals surface area contributed by atoms with Gasteiger partial charge in [-0.3, -0.25) is 24.1 Å². The fourth-order valence-corrected chi connectivity index (χ4v) is 8.75. The van der Waals surface area contributed by atoms with Crippen molar-refractivity contribution in [3.63, 3.8) is 0 Å². The second-order valence-electron chi connectivity index (χ2n) is 17.5. The van der Waals surface area contributed by atoms with Gasteiger partial charge in [-0.15, -0.1) is 0 Å². The number of anilines is 2. The Morgan fingerprint density at radius 1 is 0.985 bits per heavy atom. The molecule has 0 radical (unpaired) electrons. The molecule has 350 valence electrons. The second-order valence-corrected chi connectivity index (χ2v) is 18.3. The number of unbranched alkanes of at least 4 members (excludes halogenated alkanes) is 1. The van der Waals surface area contributed by atoms with Crippen LogP contribution in [0.4, 0.5) is 11.4 Å². The van der Waals surface area contributed by atoms with Gasteiger partial charge in [0.1, 0.15) is 36.0 Å². The van der Waals surface area contributed by atoms with E-state index in [0.29, 0.717) is 80.2 Å². The summed E-state index contributed by atoms with van der Waals surface area (Å²) in [5, 5.41) is 15.6. The molecule has 3 heterocycles. The molecular weight excluding hydrogens is 882 g/mol. The summed E-state index contributed by atoms with van der Waals surface area (Å²) in [6.45, 7) is 13.6. The predicted octanol–water partition coefficient (Wildman–Crippen LogP) is 7.37. The van der Waals surface area contributed by atoms with E-state index in [4.69, 9.17) is 42.4 Å². The van der Waals surface area contributed by atoms with Crippen LogP contribution in [0.5, 0.6) is 5.75 Å². The molecule has 0 saturated carbocycles. The van der Waals surface area contributed by atoms with Crippen LogP contribution in [0.2, 0.25) is 5.02 Å². The van der Waals surface area contributed by atoms with Gasteiger partial charge < -0.3 is 39.1 Å². The van der Waals surface area contributed by atoms with Crippen molar-refractivity contribution in [3.05, 3.63) is 95.0 Å². The number of carbonyl (C=O) groups is 4. The van der Waals surface area contributed by atoms with E-state index in [1.54, 1.807) is 28.0 Å². The van der Waals surface area contributed by atoms with Gasteiger partial charge in [0, 0.05) is 44.2 Å². The Morgan fingerprint density at radius 3 is 2.33 bits per heavy atom. The Balaban J connectivity index is 0.843. The Labute approximate surface area is 396 Å². The maximum Gasteiger partial charge on any atom is 0.259 e. The first-order valence-corrected chi connectivity index (χ1v) is 23.0. The Hall–Kier alpha value is -5.86. The minimum Gasteiger partial charge on any atom is -0.494 e. The van der Waals surface area contributed by atoms with Gasteiger partial charge in [-0.05, 0) is 119 Å². The minimum atomic E-state index is -0.962. The maximum absolute atomic E-state index is 13.8. The van der Waals surface area contributed by atoms with Crippen molar-refractivity contribution in [2.75, 3.05) is 49.4 Å². The van der Waals surface area contributed by atoms with E-state index in [2.05, 4.69) is 15.6 Å². The Bertz CT molecular complexity index is 2400. The Morgan fingerprint density at radius 2 is 1.67 bits per heavy atom. The van der Waals surface area contributed by atoms with Gasteiger partial charge in [0.2, 0.25) is 17.7 Å². The summed E-state index contributed by atoms with van der Waals surface area (Å²) in [6, 6.07) is 20.5. The molecule has 4 amide bonds. The van der Waals surface area contributed by atoms with E-state index in [1.165, 1.54) is 11.3 Å². The molecule has 2 saturated heterocycles. The van der Waals surface area contributed by atoms with Crippen molar-refractivity contribution in [3.8, 4) is 23.1 Å². The number of likely N-dealkylation sites (tertiary alicyclic amines) is 1. The number of nitrogens with zero attached hydrogens (tertiary/aromatic N) is 5. The van der Waals surface area contributed by atoms with E-state index in [1.807, 2.05) is 96.1 Å². The molecule has 6 rings (SSSR count). The minimum absolute atomic E-state index is 0.128. The summed E-state index contributed by atoms with van der Waals surface area (Å²) in [5.74, 6) is 0.194. The highest BCUT2D eigenvalue weighted by Gasteiger charge is 2.50. The van der Waals surface area contributed by atoms with Crippen molar-refractivity contribution in [2.24, 2.45) is 11.8 Å². The fraction of sp³-hybridized carbons (Fsp3) is 0.449. The number of halogens is 1. The summed E-state index contributed by atoms with van der Waals surface area (Å²) >= 11 is 12.0. The van der Waals surface area contributed by atoms with Crippen LogP contribution in [0.1, 0.15) is 77.1 Å². The largest absolute Gasteiger partial charge is 0.494 e. The molecule has 2 aliphatic heterocycles. The molecule has 0 unspecified atom stereocenters. The second kappa shape index (κ2) is 22.6. The molecule has 1 aromatic heterocycles. The first-order valence-electron chi connectivity index (χ1n) is 22.2. The normalized spacial score (nSPS) is 17.3. The highest BCUT2D eigenvalue weighted by molar-refractivity contribution is 7.81. The number of oxazole rings is 1. The number of thiocarbonyl (C=S) groups is 1. The summed E-state index contributed by atoms with van der Waals surface area (Å²) < 4.78 is 22.8. The van der Waals surface area contributed by atoms with Crippen molar-refractivity contribution in [1.82, 2.24) is 20.5 Å². The molecule has 2 aliphatic rings. The summed E-state index contributed by atoms with van der Waals surface area (Å²) in [4.78, 5) is 62.7. The zero-order valence-corrected chi connectivity index (χ0v) is 39.9. The lowest BCUT2D eigenvalue weighted by molar-refractivity contribution is -0.143. The number of amides is 4. The van der Waals surface area contributed by atoms with E-state index < -0.39 is 23.5 Å². The topological polar surface area (TPSA) is 180 Å². The smallest absolute Gasteiger partial charge is 0.259 e. The molecule has 17 heteroatoms. The zero-order chi connectivity index (χ0) is 47.5. The number of carbonyl (C=O) groups excluding carboxylic acids is 4. The summed E-state index contributed by atoms with van der Waals surface area (Å²) in [6.07, 6.45) is 4.11. The molecule has 3 aromatic carbocycles. The van der Waals surface area contributed by atoms with Crippen molar-refractivity contribution < 1.29 is 37.8 Å². The molecule has 66 heavy (non-hydrogen) atoms. The van der Waals surface area contributed by atoms with Crippen molar-refractivity contribution in [2.45, 2.75) is 91.4 Å². The monoisotopic (exact) mass is 939 g/mol. The zero-order valence-electron chi connectivity index (χ0n) is 38.3. The number of rotatable bonds is 21. The van der Waals surface area contributed by atoms with Gasteiger partial charge in [0.05, 0.1) is 28.6 Å². The quantitative estimate of drug-likeness (QED) is 0.0627. The molecule has 0 spiro atoms. The number of nitriles is 1. The molecule has 0 aliphatic carbocycles. The highest BCUT2D eigenvalue weighted by Crippen LogP contribution is 2.38. The van der Waals surface area contributed by atoms with Crippen LogP contribution in [0, 0.1) is 30.1 Å². The molecule has 2 fully saturated rings. The van der Waals surface area contributed by atoms with E-state index in [-0.39, 0.29) is 41.2 Å². The molecule has 15 nitrogen and oxygen atoms in total. The van der Waals surface area contributed by atoms with E-state index in [0.717, 1.165) is 35.3 Å². The van der Waals surface area contributed by atoms with Crippen LogP contribution in [0.3, 0.4) is 0 Å². The molecular formula is C49H58ClN7O8S. The van der Waals surface area contributed by atoms with Gasteiger partial charge in [-0.1, -0.05) is 56.6 Å². The third-order valence-corrected chi connectivity index (χ3v) is 12.3. The number of aromatic nitrogens is 1. The van der Waals surface area contributed by atoms with Crippen molar-refractivity contribution in [1.29, 1.82) is 5.26 Å². The molecule has 4 aromatic rings. The maximum atomic E-state index is 13.8. The average molecular weight is 941 g/mol. The standard InChI is InChI=1S/C49H58ClN7O8S/c1-31(2)43(46(60)55-28-32(3)24-41(55)45(59)52-27-34-10-12-35(13-11-34)44-33(4)53-30-65-44)54-42(58)29-63-22-9-21-62-20-7-8-23-64-39-18-16-37(17-19-39)57-48(66)56(47(61)49(57,5)6)38-15-14-36(26-51)40(50)25-38/h10-19,25,30-32,41,43H,7-9,20-24,27-29H2,1-6H3,(H,52,59)(H,54,58)/t32-,41+,43+/m1/s1. The van der Waals surface area contributed by atoms with Gasteiger partial charge in [0.15, 0.2) is 17.3 Å². The SMILES string of the molecule is Cc1ncoc1-c1ccc(CNC(=O)[C@@H]2C[C@@H](C)CN2C(=O)[C@@H](NC(=O)COCCCOCCCCOc2ccc(N3C(=S)N(c4ccc(C#N)c(Cl)c4)C(=O)C3(C)C)cc2)C(C)C)cc1. The van der Waals surface area contributed by atoms with E-state index in [9.17, 15) is 24.4 Å². The molecule has 3 atom stereocenters. The van der Waals surface area contributed by atoms with Gasteiger partial charge in [-0.25, -0.2) is 4.98 Å². The predicted molar refractivity (Wildman–Crippen MR) is 255 cm³/mol. The highest BCUT2D eigenvalue weighted by atomic mass is 35.5. The third kappa shape index (κ3) is 11.9. The summed E-state index contributed by atoms with van der Waals surface area (Å²) in [5.41, 5.74) is 3.19. The third-order valence-electron chi connectivity index (χ3n) is 11.6. The number of aryl methyl sites for hydroxylation is 1. The average Bonchev–Trinajstić information content (AvgIpc) is 3.96. The van der Waals surface area contributed by atoms with Crippen LogP contribution in [0.25, 0.3) is 11.3 Å². The van der Waals surface area contributed by atoms with Gasteiger partial charge in [0.25, 0.3) is 5.91 Å². The number of ether oxygens (including phenoxy) is 3. The Kier molecular flexibility index (Phi) is 16.9. The number of hydrogen-bond acceptors (Lipinski definition) is 11. The van der Waals surface area contributed by atoms with Crippen LogP contribution >= 0.6 is 23.8 Å². The van der Waals surface area contributed by atoms with Gasteiger partial charge >= 0.3 is 0 Å². The summed E-state index contributed by atoms with van der Waals surface area (Å²) in [7, 11) is 0.